The van der Waals surface area contributed by atoms with Crippen LogP contribution < -0.4 is 19.7 Å². The van der Waals surface area contributed by atoms with Crippen LogP contribution in [-0.4, -0.2) is 36.7 Å². The summed E-state index contributed by atoms with van der Waals surface area (Å²) in [5, 5.41) is 12.2. The molecule has 3 rings (SSSR count). The first kappa shape index (κ1) is 20.6. The quantitative estimate of drug-likeness (QED) is 0.366. The van der Waals surface area contributed by atoms with Crippen LogP contribution in [-0.2, 0) is 9.59 Å². The van der Waals surface area contributed by atoms with Crippen LogP contribution in [0.4, 0.5) is 10.5 Å². The SMILES string of the molecule is CCOc1cc(/C=C2\C(=O)NC(=O)N(c3ccc(OC)cc3)C2=O)cc(I)c1O. The van der Waals surface area contributed by atoms with Crippen molar-refractivity contribution in [3.8, 4) is 17.2 Å². The van der Waals surface area contributed by atoms with E-state index in [1.54, 1.807) is 37.3 Å². The summed E-state index contributed by atoms with van der Waals surface area (Å²) >= 11 is 1.92. The number of rotatable bonds is 5. The lowest BCUT2D eigenvalue weighted by Crippen LogP contribution is -2.54. The maximum absolute atomic E-state index is 12.9. The number of urea groups is 1. The van der Waals surface area contributed by atoms with E-state index in [1.807, 2.05) is 22.6 Å². The number of phenols is 1. The van der Waals surface area contributed by atoms with Crippen molar-refractivity contribution in [3.63, 3.8) is 0 Å². The van der Waals surface area contributed by atoms with Gasteiger partial charge in [0, 0.05) is 0 Å². The van der Waals surface area contributed by atoms with Gasteiger partial charge in [-0.2, -0.15) is 0 Å². The Morgan fingerprint density at radius 1 is 1.17 bits per heavy atom. The van der Waals surface area contributed by atoms with Gasteiger partial charge in [0.05, 0.1) is 23.0 Å². The number of imide groups is 2. The lowest BCUT2D eigenvalue weighted by atomic mass is 10.1. The van der Waals surface area contributed by atoms with Crippen molar-refractivity contribution in [1.29, 1.82) is 0 Å². The molecule has 0 saturated carbocycles. The smallest absolute Gasteiger partial charge is 0.335 e. The van der Waals surface area contributed by atoms with Gasteiger partial charge in [-0.3, -0.25) is 14.9 Å². The van der Waals surface area contributed by atoms with E-state index in [-0.39, 0.29) is 17.1 Å². The molecular formula is C20H17IN2O6. The molecule has 0 unspecified atom stereocenters. The van der Waals surface area contributed by atoms with Crippen LogP contribution in [0.25, 0.3) is 6.08 Å². The predicted molar refractivity (Wildman–Crippen MR) is 114 cm³/mol. The van der Waals surface area contributed by atoms with Gasteiger partial charge in [0.1, 0.15) is 11.3 Å². The van der Waals surface area contributed by atoms with E-state index in [0.717, 1.165) is 4.90 Å². The van der Waals surface area contributed by atoms with Crippen molar-refractivity contribution in [2.24, 2.45) is 0 Å². The van der Waals surface area contributed by atoms with Crippen LogP contribution in [0, 0.1) is 3.57 Å². The van der Waals surface area contributed by atoms with Gasteiger partial charge in [-0.05, 0) is 77.6 Å². The van der Waals surface area contributed by atoms with Crippen LogP contribution >= 0.6 is 22.6 Å². The summed E-state index contributed by atoms with van der Waals surface area (Å²) in [7, 11) is 1.50. The number of anilines is 1. The van der Waals surface area contributed by atoms with E-state index in [9.17, 15) is 19.5 Å². The number of hydrogen-bond donors (Lipinski definition) is 2. The molecule has 1 aliphatic rings. The molecule has 1 heterocycles. The molecule has 8 nitrogen and oxygen atoms in total. The van der Waals surface area contributed by atoms with Crippen molar-refractivity contribution >= 4 is 52.2 Å². The average molecular weight is 508 g/mol. The highest BCUT2D eigenvalue weighted by Gasteiger charge is 2.36. The van der Waals surface area contributed by atoms with E-state index in [4.69, 9.17) is 9.47 Å². The van der Waals surface area contributed by atoms with E-state index in [1.165, 1.54) is 19.3 Å². The molecule has 0 radical (unpaired) electrons. The van der Waals surface area contributed by atoms with Gasteiger partial charge in [-0.15, -0.1) is 0 Å². The first-order valence-corrected chi connectivity index (χ1v) is 9.64. The minimum Gasteiger partial charge on any atom is -0.504 e. The second-order valence-electron chi connectivity index (χ2n) is 5.94. The molecule has 0 bridgehead atoms. The number of benzene rings is 2. The van der Waals surface area contributed by atoms with Crippen molar-refractivity contribution in [2.75, 3.05) is 18.6 Å². The molecule has 1 aliphatic heterocycles. The van der Waals surface area contributed by atoms with E-state index < -0.39 is 17.8 Å². The molecule has 1 fully saturated rings. The number of carbonyl (C=O) groups is 3. The third kappa shape index (κ3) is 4.19. The number of ether oxygens (including phenoxy) is 2. The van der Waals surface area contributed by atoms with Gasteiger partial charge in [0.15, 0.2) is 11.5 Å². The maximum Gasteiger partial charge on any atom is 0.335 e. The Morgan fingerprint density at radius 3 is 2.48 bits per heavy atom. The number of carbonyl (C=O) groups excluding carboxylic acids is 3. The molecule has 4 amide bonds. The Bertz CT molecular complexity index is 1020. The van der Waals surface area contributed by atoms with Crippen molar-refractivity contribution < 1.29 is 29.0 Å². The monoisotopic (exact) mass is 508 g/mol. The standard InChI is InChI=1S/C20H17IN2O6/c1-3-29-16-10-11(9-15(21)17(16)24)8-14-18(25)22-20(27)23(19(14)26)12-4-6-13(28-2)7-5-12/h4-10,24H,3H2,1-2H3,(H,22,25,27)/b14-8+. The summed E-state index contributed by atoms with van der Waals surface area (Å²) in [5.41, 5.74) is 0.546. The Morgan fingerprint density at radius 2 is 1.86 bits per heavy atom. The van der Waals surface area contributed by atoms with Gasteiger partial charge < -0.3 is 14.6 Å². The van der Waals surface area contributed by atoms with Crippen LogP contribution in [0.5, 0.6) is 17.2 Å². The molecule has 0 aromatic heterocycles. The summed E-state index contributed by atoms with van der Waals surface area (Å²) in [6.45, 7) is 2.11. The topological polar surface area (TPSA) is 105 Å². The van der Waals surface area contributed by atoms with E-state index in [0.29, 0.717) is 27.2 Å². The number of nitrogens with zero attached hydrogens (tertiary/aromatic N) is 1. The Labute approximate surface area is 180 Å². The summed E-state index contributed by atoms with van der Waals surface area (Å²) in [6, 6.07) is 8.57. The van der Waals surface area contributed by atoms with Crippen LogP contribution in [0.3, 0.4) is 0 Å². The Hall–Kier alpha value is -3.08. The zero-order valence-electron chi connectivity index (χ0n) is 15.6. The number of aromatic hydroxyl groups is 1. The van der Waals surface area contributed by atoms with Crippen molar-refractivity contribution in [1.82, 2.24) is 5.32 Å². The highest BCUT2D eigenvalue weighted by molar-refractivity contribution is 14.1. The summed E-state index contributed by atoms with van der Waals surface area (Å²) in [6.07, 6.45) is 1.35. The molecule has 0 atom stereocenters. The molecule has 1 saturated heterocycles. The zero-order chi connectivity index (χ0) is 21.1. The van der Waals surface area contributed by atoms with Gasteiger partial charge in [-0.25, -0.2) is 9.69 Å². The fourth-order valence-corrected chi connectivity index (χ4v) is 3.36. The Kier molecular flexibility index (Phi) is 6.06. The molecule has 29 heavy (non-hydrogen) atoms. The lowest BCUT2D eigenvalue weighted by Gasteiger charge is -2.26. The third-order valence-corrected chi connectivity index (χ3v) is 4.92. The summed E-state index contributed by atoms with van der Waals surface area (Å²) in [5.74, 6) is -0.787. The number of hydrogen-bond acceptors (Lipinski definition) is 6. The van der Waals surface area contributed by atoms with Gasteiger partial charge >= 0.3 is 6.03 Å². The van der Waals surface area contributed by atoms with Gasteiger partial charge in [0.2, 0.25) is 0 Å². The second kappa shape index (κ2) is 8.52. The zero-order valence-corrected chi connectivity index (χ0v) is 17.7. The predicted octanol–water partition coefficient (Wildman–Crippen LogP) is 3.07. The minimum atomic E-state index is -0.836. The van der Waals surface area contributed by atoms with Crippen LogP contribution in [0.1, 0.15) is 12.5 Å². The first-order valence-electron chi connectivity index (χ1n) is 8.56. The van der Waals surface area contributed by atoms with Crippen LogP contribution in [0.2, 0.25) is 0 Å². The fraction of sp³-hybridized carbons (Fsp3) is 0.150. The number of halogens is 1. The van der Waals surface area contributed by atoms with Crippen molar-refractivity contribution in [3.05, 3.63) is 51.1 Å². The first-order chi connectivity index (χ1) is 13.8. The largest absolute Gasteiger partial charge is 0.504 e. The Balaban J connectivity index is 2.01. The van der Waals surface area contributed by atoms with E-state index >= 15 is 0 Å². The summed E-state index contributed by atoms with van der Waals surface area (Å²) < 4.78 is 11.0. The highest BCUT2D eigenvalue weighted by atomic mass is 127. The molecular weight excluding hydrogens is 491 g/mol. The average Bonchev–Trinajstić information content (AvgIpc) is 2.69. The molecule has 9 heteroatoms. The fourth-order valence-electron chi connectivity index (χ4n) is 2.73. The molecule has 0 spiro atoms. The lowest BCUT2D eigenvalue weighted by molar-refractivity contribution is -0.122. The normalized spacial score (nSPS) is 15.5. The maximum atomic E-state index is 12.9. The summed E-state index contributed by atoms with van der Waals surface area (Å²) in [4.78, 5) is 38.4. The van der Waals surface area contributed by atoms with Gasteiger partial charge in [-0.1, -0.05) is 0 Å². The molecule has 2 N–H and O–H groups in total. The number of amides is 4. The van der Waals surface area contributed by atoms with Crippen molar-refractivity contribution in [2.45, 2.75) is 6.92 Å². The number of methoxy groups -OCH3 is 1. The molecule has 0 aliphatic carbocycles. The number of barbiturate groups is 1. The number of phenolic OH excluding ortho intramolecular Hbond substituents is 1. The van der Waals surface area contributed by atoms with Gasteiger partial charge in [0.25, 0.3) is 11.8 Å². The second-order valence-corrected chi connectivity index (χ2v) is 7.10. The van der Waals surface area contributed by atoms with Crippen LogP contribution in [0.15, 0.2) is 42.0 Å². The number of nitrogens with one attached hydrogen (secondary N) is 1. The molecule has 150 valence electrons. The van der Waals surface area contributed by atoms with E-state index in [2.05, 4.69) is 5.32 Å². The highest BCUT2D eigenvalue weighted by Crippen LogP contribution is 2.34. The third-order valence-electron chi connectivity index (χ3n) is 4.09. The minimum absolute atomic E-state index is 0.0240. The molecule has 2 aromatic carbocycles. The molecule has 2 aromatic rings.